The molecule has 3 heterocycles. The number of hydrogen-bond donors (Lipinski definition) is 1. The Bertz CT molecular complexity index is 663. The van der Waals surface area contributed by atoms with Crippen molar-refractivity contribution in [2.45, 2.75) is 38.3 Å². The quantitative estimate of drug-likeness (QED) is 0.890. The fourth-order valence-corrected chi connectivity index (χ4v) is 3.62. The zero-order valence-corrected chi connectivity index (χ0v) is 13.9. The average molecular weight is 315 g/mol. The molecule has 2 unspecified atom stereocenters. The highest BCUT2D eigenvalue weighted by molar-refractivity contribution is 5.17. The first-order valence-electron chi connectivity index (χ1n) is 8.61. The maximum atomic E-state index is 5.95. The predicted molar refractivity (Wildman–Crippen MR) is 86.9 cm³/mol. The largest absolute Gasteiger partial charge is 0.464 e. The van der Waals surface area contributed by atoms with Gasteiger partial charge in [0.25, 0.3) is 0 Å². The van der Waals surface area contributed by atoms with Crippen LogP contribution in [-0.4, -0.2) is 22.9 Å². The molecule has 4 rings (SSSR count). The summed E-state index contributed by atoms with van der Waals surface area (Å²) in [6, 6.07) is 6.30. The Morgan fingerprint density at radius 3 is 2.96 bits per heavy atom. The number of nitrogens with zero attached hydrogens (tertiary/aromatic N) is 2. The molecule has 0 radical (unpaired) electrons. The van der Waals surface area contributed by atoms with Crippen LogP contribution >= 0.6 is 0 Å². The highest BCUT2D eigenvalue weighted by Gasteiger charge is 2.36. The Kier molecular flexibility index (Phi) is 3.99. The third kappa shape index (κ3) is 3.08. The smallest absolute Gasteiger partial charge is 0.117 e. The van der Waals surface area contributed by atoms with Gasteiger partial charge in [-0.15, -0.1) is 0 Å². The Balaban J connectivity index is 1.30. The van der Waals surface area contributed by atoms with Gasteiger partial charge in [0.2, 0.25) is 0 Å². The Morgan fingerprint density at radius 1 is 1.35 bits per heavy atom. The van der Waals surface area contributed by atoms with Crippen LogP contribution < -0.4 is 5.32 Å². The molecule has 0 amide bonds. The van der Waals surface area contributed by atoms with E-state index in [0.29, 0.717) is 11.8 Å². The normalized spacial score (nSPS) is 30.0. The van der Waals surface area contributed by atoms with Gasteiger partial charge in [-0.1, -0.05) is 6.92 Å². The minimum atomic E-state index is 0.148. The van der Waals surface area contributed by atoms with Gasteiger partial charge in [-0.25, -0.2) is 0 Å². The summed E-state index contributed by atoms with van der Waals surface area (Å²) in [5.74, 6) is 4.13. The van der Waals surface area contributed by atoms with Crippen LogP contribution in [0.25, 0.3) is 0 Å². The van der Waals surface area contributed by atoms with Crippen molar-refractivity contribution >= 4 is 0 Å². The maximum Gasteiger partial charge on any atom is 0.117 e. The van der Waals surface area contributed by atoms with E-state index < -0.39 is 0 Å². The molecule has 5 nitrogen and oxygen atoms in total. The van der Waals surface area contributed by atoms with Crippen molar-refractivity contribution in [3.05, 3.63) is 41.6 Å². The summed E-state index contributed by atoms with van der Waals surface area (Å²) in [6.45, 7) is 4.83. The third-order valence-corrected chi connectivity index (χ3v) is 5.23. The van der Waals surface area contributed by atoms with E-state index in [2.05, 4.69) is 35.5 Å². The van der Waals surface area contributed by atoms with Crippen molar-refractivity contribution in [2.24, 2.45) is 18.9 Å². The lowest BCUT2D eigenvalue weighted by Crippen LogP contribution is -2.25. The van der Waals surface area contributed by atoms with Gasteiger partial charge in [0.15, 0.2) is 0 Å². The zero-order chi connectivity index (χ0) is 15.8. The van der Waals surface area contributed by atoms with Gasteiger partial charge in [-0.2, -0.15) is 5.10 Å². The van der Waals surface area contributed by atoms with E-state index in [0.717, 1.165) is 49.2 Å². The molecule has 1 N–H and O–H groups in total. The standard InChI is InChI=1S/C18H25N3O2/c1-12-9-15(12)17-4-3-14(23-17)11-19-10-13-6-8-22-18(13)16-5-7-20-21(16)2/h3-5,7,12-13,15,18-19H,6,8-11H2,1-2H3/t12?,13-,15?,18+/m0/s1. The van der Waals surface area contributed by atoms with Crippen molar-refractivity contribution in [3.8, 4) is 0 Å². The van der Waals surface area contributed by atoms with E-state index in [-0.39, 0.29) is 6.10 Å². The van der Waals surface area contributed by atoms with Crippen molar-refractivity contribution in [1.82, 2.24) is 15.1 Å². The summed E-state index contributed by atoms with van der Waals surface area (Å²) in [4.78, 5) is 0. The molecular formula is C18H25N3O2. The molecule has 4 atom stereocenters. The van der Waals surface area contributed by atoms with E-state index >= 15 is 0 Å². The second-order valence-electron chi connectivity index (χ2n) is 6.97. The van der Waals surface area contributed by atoms with Gasteiger partial charge in [0.1, 0.15) is 17.6 Å². The fourth-order valence-electron chi connectivity index (χ4n) is 3.62. The molecule has 0 spiro atoms. The number of furan rings is 1. The molecule has 0 bridgehead atoms. The molecule has 23 heavy (non-hydrogen) atoms. The summed E-state index contributed by atoms with van der Waals surface area (Å²) in [6.07, 6.45) is 4.34. The van der Waals surface area contributed by atoms with Crippen LogP contribution in [0.1, 0.15) is 49.0 Å². The number of rotatable bonds is 6. The molecule has 1 aliphatic heterocycles. The van der Waals surface area contributed by atoms with Gasteiger partial charge in [-0.05, 0) is 37.0 Å². The van der Waals surface area contributed by atoms with Crippen LogP contribution in [0.15, 0.2) is 28.8 Å². The molecule has 124 valence electrons. The molecule has 1 saturated heterocycles. The molecule has 0 aromatic carbocycles. The van der Waals surface area contributed by atoms with E-state index in [1.54, 1.807) is 0 Å². The Labute approximate surface area is 137 Å². The first-order valence-corrected chi connectivity index (χ1v) is 8.61. The second-order valence-corrected chi connectivity index (χ2v) is 6.97. The highest BCUT2D eigenvalue weighted by atomic mass is 16.5. The molecule has 2 aromatic heterocycles. The van der Waals surface area contributed by atoms with Crippen molar-refractivity contribution < 1.29 is 9.15 Å². The number of aryl methyl sites for hydroxylation is 1. The lowest BCUT2D eigenvalue weighted by atomic mass is 9.99. The lowest BCUT2D eigenvalue weighted by Gasteiger charge is -2.19. The van der Waals surface area contributed by atoms with Crippen molar-refractivity contribution in [2.75, 3.05) is 13.2 Å². The second kappa shape index (κ2) is 6.13. The first-order chi connectivity index (χ1) is 11.2. The molecule has 1 saturated carbocycles. The van der Waals surface area contributed by atoms with Gasteiger partial charge in [0, 0.05) is 38.2 Å². The molecule has 5 heteroatoms. The van der Waals surface area contributed by atoms with Gasteiger partial charge >= 0.3 is 0 Å². The first kappa shape index (κ1) is 15.0. The van der Waals surface area contributed by atoms with Crippen LogP contribution in [0.3, 0.4) is 0 Å². The number of hydrogen-bond acceptors (Lipinski definition) is 4. The Hall–Kier alpha value is -1.59. The van der Waals surface area contributed by atoms with E-state index in [4.69, 9.17) is 9.15 Å². The molecule has 1 aliphatic carbocycles. The van der Waals surface area contributed by atoms with Crippen LogP contribution in [0.4, 0.5) is 0 Å². The monoisotopic (exact) mass is 315 g/mol. The summed E-state index contributed by atoms with van der Waals surface area (Å²) in [5.41, 5.74) is 1.16. The third-order valence-electron chi connectivity index (χ3n) is 5.23. The number of nitrogens with one attached hydrogen (secondary N) is 1. The van der Waals surface area contributed by atoms with Gasteiger partial charge in [0.05, 0.1) is 12.2 Å². The fraction of sp³-hybridized carbons (Fsp3) is 0.611. The maximum absolute atomic E-state index is 5.95. The number of aromatic nitrogens is 2. The average Bonchev–Trinajstić information content (AvgIpc) is 2.98. The summed E-state index contributed by atoms with van der Waals surface area (Å²) in [5, 5.41) is 7.79. The minimum Gasteiger partial charge on any atom is -0.464 e. The van der Waals surface area contributed by atoms with Crippen LogP contribution in [0.2, 0.25) is 0 Å². The van der Waals surface area contributed by atoms with Crippen molar-refractivity contribution in [3.63, 3.8) is 0 Å². The minimum absolute atomic E-state index is 0.148. The van der Waals surface area contributed by atoms with Crippen LogP contribution in [0.5, 0.6) is 0 Å². The Morgan fingerprint density at radius 2 is 2.22 bits per heavy atom. The van der Waals surface area contributed by atoms with E-state index in [9.17, 15) is 0 Å². The van der Waals surface area contributed by atoms with Crippen LogP contribution in [0, 0.1) is 11.8 Å². The summed E-state index contributed by atoms with van der Waals surface area (Å²) >= 11 is 0. The molecular weight excluding hydrogens is 290 g/mol. The molecule has 2 aromatic rings. The zero-order valence-electron chi connectivity index (χ0n) is 13.9. The highest BCUT2D eigenvalue weighted by Crippen LogP contribution is 2.47. The SMILES string of the molecule is CC1CC1c1ccc(CNC[C@@H]2CCO[C@H]2c2ccnn2C)o1. The predicted octanol–water partition coefficient (Wildman–Crippen LogP) is 3.00. The summed E-state index contributed by atoms with van der Waals surface area (Å²) in [7, 11) is 1.98. The molecule has 2 fully saturated rings. The number of ether oxygens (including phenoxy) is 1. The molecule has 2 aliphatic rings. The van der Waals surface area contributed by atoms with E-state index in [1.165, 1.54) is 6.42 Å². The van der Waals surface area contributed by atoms with Crippen LogP contribution in [-0.2, 0) is 18.3 Å². The van der Waals surface area contributed by atoms with Crippen molar-refractivity contribution in [1.29, 1.82) is 0 Å². The lowest BCUT2D eigenvalue weighted by molar-refractivity contribution is 0.0836. The van der Waals surface area contributed by atoms with E-state index in [1.807, 2.05) is 17.9 Å². The van der Waals surface area contributed by atoms with Gasteiger partial charge < -0.3 is 14.5 Å². The topological polar surface area (TPSA) is 52.2 Å². The summed E-state index contributed by atoms with van der Waals surface area (Å²) < 4.78 is 13.8. The van der Waals surface area contributed by atoms with Gasteiger partial charge in [-0.3, -0.25) is 4.68 Å².